The van der Waals surface area contributed by atoms with Crippen molar-refractivity contribution in [3.63, 3.8) is 0 Å². The van der Waals surface area contributed by atoms with Crippen LogP contribution in [0.4, 0.5) is 0 Å². The number of hydrogen-bond donors (Lipinski definition) is 1. The number of morpholine rings is 1. The molecule has 0 bridgehead atoms. The van der Waals surface area contributed by atoms with Crippen LogP contribution in [0, 0.1) is 0 Å². The number of amides is 1. The van der Waals surface area contributed by atoms with Crippen LogP contribution in [-0.4, -0.2) is 47.7 Å². The average Bonchev–Trinajstić information content (AvgIpc) is 2.41. The Labute approximate surface area is 122 Å². The number of aliphatic carboxylic acids is 1. The Morgan fingerprint density at radius 1 is 1.40 bits per heavy atom. The molecule has 1 atom stereocenters. The lowest BCUT2D eigenvalue weighted by molar-refractivity contribution is -0.145. The number of nitrogens with zero attached hydrogens (tertiary/aromatic N) is 1. The summed E-state index contributed by atoms with van der Waals surface area (Å²) < 4.78 is 5.25. The zero-order chi connectivity index (χ0) is 14.5. The highest BCUT2D eigenvalue weighted by Gasteiger charge is 2.29. The van der Waals surface area contributed by atoms with E-state index in [0.717, 1.165) is 5.56 Å². The van der Waals surface area contributed by atoms with Gasteiger partial charge in [-0.05, 0) is 11.6 Å². The first-order valence-electron chi connectivity index (χ1n) is 6.40. The molecule has 6 heteroatoms. The predicted octanol–water partition coefficient (Wildman–Crippen LogP) is 1.58. The second-order valence-corrected chi connectivity index (χ2v) is 5.09. The van der Waals surface area contributed by atoms with Crippen LogP contribution in [0.25, 0.3) is 0 Å². The van der Waals surface area contributed by atoms with Gasteiger partial charge in [-0.2, -0.15) is 0 Å². The SMILES string of the molecule is O=C(O)CC1COCCN1C(=O)Cc1ccccc1Cl. The monoisotopic (exact) mass is 297 g/mol. The molecule has 1 unspecified atom stereocenters. The van der Waals surface area contributed by atoms with Gasteiger partial charge in [-0.1, -0.05) is 29.8 Å². The molecule has 1 aromatic rings. The summed E-state index contributed by atoms with van der Waals surface area (Å²) in [6, 6.07) is 6.75. The fourth-order valence-corrected chi connectivity index (χ4v) is 2.46. The summed E-state index contributed by atoms with van der Waals surface area (Å²) in [5.41, 5.74) is 0.750. The van der Waals surface area contributed by atoms with Crippen LogP contribution in [0.5, 0.6) is 0 Å². The Morgan fingerprint density at radius 3 is 2.85 bits per heavy atom. The minimum absolute atomic E-state index is 0.103. The van der Waals surface area contributed by atoms with Crippen molar-refractivity contribution in [3.05, 3.63) is 34.9 Å². The topological polar surface area (TPSA) is 66.8 Å². The van der Waals surface area contributed by atoms with E-state index in [1.165, 1.54) is 0 Å². The zero-order valence-electron chi connectivity index (χ0n) is 10.9. The minimum Gasteiger partial charge on any atom is -0.481 e. The largest absolute Gasteiger partial charge is 0.481 e. The minimum atomic E-state index is -0.934. The molecule has 0 saturated carbocycles. The number of carbonyl (C=O) groups is 2. The van der Waals surface area contributed by atoms with Crippen LogP contribution < -0.4 is 0 Å². The Bertz CT molecular complexity index is 506. The lowest BCUT2D eigenvalue weighted by Gasteiger charge is -2.35. The molecule has 1 heterocycles. The Balaban J connectivity index is 2.06. The number of carbonyl (C=O) groups excluding carboxylic acids is 1. The molecule has 20 heavy (non-hydrogen) atoms. The van der Waals surface area contributed by atoms with Crippen molar-refractivity contribution in [2.24, 2.45) is 0 Å². The van der Waals surface area contributed by atoms with Crippen molar-refractivity contribution in [2.75, 3.05) is 19.8 Å². The van der Waals surface area contributed by atoms with Gasteiger partial charge in [0.15, 0.2) is 0 Å². The first-order valence-corrected chi connectivity index (χ1v) is 6.78. The van der Waals surface area contributed by atoms with Gasteiger partial charge in [-0.25, -0.2) is 0 Å². The second kappa shape index (κ2) is 6.72. The van der Waals surface area contributed by atoms with Crippen molar-refractivity contribution >= 4 is 23.5 Å². The summed E-state index contributed by atoms with van der Waals surface area (Å²) in [7, 11) is 0. The molecule has 1 aliphatic heterocycles. The van der Waals surface area contributed by atoms with Crippen LogP contribution in [0.2, 0.25) is 5.02 Å². The maximum absolute atomic E-state index is 12.3. The third-order valence-corrected chi connectivity index (χ3v) is 3.63. The van der Waals surface area contributed by atoms with Crippen LogP contribution in [0.1, 0.15) is 12.0 Å². The van der Waals surface area contributed by atoms with E-state index in [2.05, 4.69) is 0 Å². The highest BCUT2D eigenvalue weighted by Crippen LogP contribution is 2.18. The third-order valence-electron chi connectivity index (χ3n) is 3.26. The summed E-state index contributed by atoms with van der Waals surface area (Å²) in [5, 5.41) is 9.43. The van der Waals surface area contributed by atoms with E-state index >= 15 is 0 Å². The number of benzene rings is 1. The van der Waals surface area contributed by atoms with Gasteiger partial charge >= 0.3 is 5.97 Å². The fourth-order valence-electron chi connectivity index (χ4n) is 2.26. The van der Waals surface area contributed by atoms with E-state index in [0.29, 0.717) is 18.2 Å². The molecule has 1 aromatic carbocycles. The number of carboxylic acids is 1. The van der Waals surface area contributed by atoms with Gasteiger partial charge in [-0.3, -0.25) is 9.59 Å². The number of carboxylic acid groups (broad SMARTS) is 1. The molecular formula is C14H16ClNO4. The van der Waals surface area contributed by atoms with Crippen molar-refractivity contribution < 1.29 is 19.4 Å². The van der Waals surface area contributed by atoms with Gasteiger partial charge in [0, 0.05) is 11.6 Å². The zero-order valence-corrected chi connectivity index (χ0v) is 11.7. The van der Waals surface area contributed by atoms with Crippen molar-refractivity contribution in [1.29, 1.82) is 0 Å². The van der Waals surface area contributed by atoms with Gasteiger partial charge in [0.2, 0.25) is 5.91 Å². The maximum Gasteiger partial charge on any atom is 0.305 e. The molecule has 0 aromatic heterocycles. The van der Waals surface area contributed by atoms with Crippen LogP contribution >= 0.6 is 11.6 Å². The Morgan fingerprint density at radius 2 is 2.15 bits per heavy atom. The van der Waals surface area contributed by atoms with E-state index in [4.69, 9.17) is 21.4 Å². The summed E-state index contributed by atoms with van der Waals surface area (Å²) in [4.78, 5) is 24.7. The number of rotatable bonds is 4. The summed E-state index contributed by atoms with van der Waals surface area (Å²) >= 11 is 6.04. The van der Waals surface area contributed by atoms with Gasteiger partial charge in [-0.15, -0.1) is 0 Å². The third kappa shape index (κ3) is 3.71. The van der Waals surface area contributed by atoms with Gasteiger partial charge < -0.3 is 14.7 Å². The van der Waals surface area contributed by atoms with E-state index in [-0.39, 0.29) is 25.4 Å². The number of halogens is 1. The summed E-state index contributed by atoms with van der Waals surface area (Å²) in [6.45, 7) is 1.12. The van der Waals surface area contributed by atoms with E-state index in [1.807, 2.05) is 6.07 Å². The van der Waals surface area contributed by atoms with Gasteiger partial charge in [0.05, 0.1) is 32.1 Å². The normalized spacial score (nSPS) is 18.9. The number of ether oxygens (including phenoxy) is 1. The fraction of sp³-hybridized carbons (Fsp3) is 0.429. The first-order chi connectivity index (χ1) is 9.58. The van der Waals surface area contributed by atoms with Crippen molar-refractivity contribution in [3.8, 4) is 0 Å². The van der Waals surface area contributed by atoms with Crippen molar-refractivity contribution in [1.82, 2.24) is 4.90 Å². The molecule has 5 nitrogen and oxygen atoms in total. The smallest absolute Gasteiger partial charge is 0.305 e. The first kappa shape index (κ1) is 14.8. The Kier molecular flexibility index (Phi) is 4.98. The standard InChI is InChI=1S/C14H16ClNO4/c15-12-4-2-1-3-10(12)7-13(17)16-5-6-20-9-11(16)8-14(18)19/h1-4,11H,5-9H2,(H,18,19). The summed E-state index contributed by atoms with van der Waals surface area (Å²) in [6.07, 6.45) is 0.0735. The van der Waals surface area contributed by atoms with Crippen LogP contribution in [0.15, 0.2) is 24.3 Å². The molecule has 1 N–H and O–H groups in total. The van der Waals surface area contributed by atoms with Crippen LogP contribution in [0.3, 0.4) is 0 Å². The van der Waals surface area contributed by atoms with Crippen molar-refractivity contribution in [2.45, 2.75) is 18.9 Å². The van der Waals surface area contributed by atoms with E-state index in [1.54, 1.807) is 23.1 Å². The highest BCUT2D eigenvalue weighted by atomic mass is 35.5. The second-order valence-electron chi connectivity index (χ2n) is 4.68. The maximum atomic E-state index is 12.3. The molecule has 0 aliphatic carbocycles. The van der Waals surface area contributed by atoms with E-state index < -0.39 is 12.0 Å². The molecule has 1 saturated heterocycles. The molecular weight excluding hydrogens is 282 g/mol. The Hall–Kier alpha value is -1.59. The molecule has 1 aliphatic rings. The highest BCUT2D eigenvalue weighted by molar-refractivity contribution is 6.31. The average molecular weight is 298 g/mol. The quantitative estimate of drug-likeness (QED) is 0.916. The molecule has 108 valence electrons. The van der Waals surface area contributed by atoms with Gasteiger partial charge in [0.25, 0.3) is 0 Å². The number of hydrogen-bond acceptors (Lipinski definition) is 3. The lowest BCUT2D eigenvalue weighted by Crippen LogP contribution is -2.50. The molecule has 0 radical (unpaired) electrons. The lowest BCUT2D eigenvalue weighted by atomic mass is 10.1. The molecule has 1 fully saturated rings. The van der Waals surface area contributed by atoms with Gasteiger partial charge in [0.1, 0.15) is 0 Å². The van der Waals surface area contributed by atoms with Crippen LogP contribution in [-0.2, 0) is 20.7 Å². The predicted molar refractivity (Wildman–Crippen MR) is 73.7 cm³/mol. The summed E-state index contributed by atoms with van der Waals surface area (Å²) in [5.74, 6) is -1.05. The van der Waals surface area contributed by atoms with E-state index in [9.17, 15) is 9.59 Å². The molecule has 0 spiro atoms. The molecule has 2 rings (SSSR count). The molecule has 1 amide bonds.